The highest BCUT2D eigenvalue weighted by molar-refractivity contribution is 5.96. The number of hydrogen-bond donors (Lipinski definition) is 1. The highest BCUT2D eigenvalue weighted by Gasteiger charge is 2.24. The largest absolute Gasteiger partial charge is 0.494 e. The number of nitrogens with zero attached hydrogens (tertiary/aromatic N) is 2. The molecule has 0 saturated carbocycles. The number of hydrogen-bond acceptors (Lipinski definition) is 4. The number of carbonyl (C=O) groups excluding carboxylic acids is 1. The summed E-state index contributed by atoms with van der Waals surface area (Å²) in [5.41, 5.74) is 0.497. The summed E-state index contributed by atoms with van der Waals surface area (Å²) >= 11 is 0. The molecule has 1 unspecified atom stereocenters. The summed E-state index contributed by atoms with van der Waals surface area (Å²) in [6.07, 6.45) is 4.27. The molecule has 1 atom stereocenters. The van der Waals surface area contributed by atoms with Crippen LogP contribution in [0.2, 0.25) is 0 Å². The molecule has 1 aliphatic rings. The quantitative estimate of drug-likeness (QED) is 0.820. The highest BCUT2D eigenvalue weighted by Crippen LogP contribution is 2.20. The number of aliphatic hydroxyl groups is 1. The topological polar surface area (TPSA) is 62.7 Å². The van der Waals surface area contributed by atoms with Gasteiger partial charge in [0, 0.05) is 19.3 Å². The number of β-amino-alcohol motifs (C(OH)–C–C–N with tert-alkyl or cyclic N) is 1. The van der Waals surface area contributed by atoms with E-state index < -0.39 is 6.10 Å². The average Bonchev–Trinajstić information content (AvgIpc) is 2.38. The lowest BCUT2D eigenvalue weighted by Crippen LogP contribution is -2.42. The number of rotatable bonds is 2. The summed E-state index contributed by atoms with van der Waals surface area (Å²) in [7, 11) is 1.51. The molecule has 17 heavy (non-hydrogen) atoms. The van der Waals surface area contributed by atoms with E-state index >= 15 is 0 Å². The van der Waals surface area contributed by atoms with Crippen molar-refractivity contribution < 1.29 is 14.6 Å². The van der Waals surface area contributed by atoms with Crippen molar-refractivity contribution in [2.24, 2.45) is 0 Å². The Morgan fingerprint density at radius 2 is 2.47 bits per heavy atom. The summed E-state index contributed by atoms with van der Waals surface area (Å²) in [5, 5.41) is 9.56. The summed E-state index contributed by atoms with van der Waals surface area (Å²) in [6, 6.07) is 1.64. The zero-order chi connectivity index (χ0) is 12.3. The number of pyridine rings is 1. The van der Waals surface area contributed by atoms with Crippen molar-refractivity contribution in [2.45, 2.75) is 18.9 Å². The zero-order valence-corrected chi connectivity index (χ0v) is 9.80. The Balaban J connectivity index is 2.18. The predicted octanol–water partition coefficient (Wildman–Crippen LogP) is 0.687. The molecule has 1 aliphatic heterocycles. The van der Waals surface area contributed by atoms with Gasteiger partial charge in [-0.1, -0.05) is 0 Å². The van der Waals surface area contributed by atoms with Crippen molar-refractivity contribution in [3.63, 3.8) is 0 Å². The monoisotopic (exact) mass is 236 g/mol. The lowest BCUT2D eigenvalue weighted by Gasteiger charge is -2.30. The van der Waals surface area contributed by atoms with Gasteiger partial charge >= 0.3 is 0 Å². The molecule has 92 valence electrons. The molecule has 2 heterocycles. The van der Waals surface area contributed by atoms with E-state index in [4.69, 9.17) is 4.74 Å². The molecule has 1 aromatic heterocycles. The number of ether oxygens (including phenoxy) is 1. The minimum absolute atomic E-state index is 0.108. The maximum Gasteiger partial charge on any atom is 0.257 e. The number of likely N-dealkylation sites (tertiary alicyclic amines) is 1. The summed E-state index contributed by atoms with van der Waals surface area (Å²) < 4.78 is 5.11. The fourth-order valence-corrected chi connectivity index (χ4v) is 2.03. The van der Waals surface area contributed by atoms with Crippen molar-refractivity contribution in [3.05, 3.63) is 24.0 Å². The third kappa shape index (κ3) is 2.55. The number of aromatic nitrogens is 1. The molecule has 1 fully saturated rings. The number of amides is 1. The lowest BCUT2D eigenvalue weighted by atomic mass is 10.1. The Morgan fingerprint density at radius 1 is 1.65 bits per heavy atom. The van der Waals surface area contributed by atoms with Crippen LogP contribution in [0.3, 0.4) is 0 Å². The molecule has 5 nitrogen and oxygen atoms in total. The third-order valence-electron chi connectivity index (χ3n) is 2.92. The van der Waals surface area contributed by atoms with Gasteiger partial charge in [-0.3, -0.25) is 9.78 Å². The van der Waals surface area contributed by atoms with Crippen molar-refractivity contribution in [1.82, 2.24) is 9.88 Å². The molecule has 0 aliphatic carbocycles. The van der Waals surface area contributed by atoms with Gasteiger partial charge in [-0.25, -0.2) is 0 Å². The second-order valence-electron chi connectivity index (χ2n) is 4.12. The Hall–Kier alpha value is -1.62. The Labute approximate surface area is 100 Å². The molecule has 5 heteroatoms. The molecule has 0 aromatic carbocycles. The van der Waals surface area contributed by atoms with Gasteiger partial charge in [0.1, 0.15) is 5.75 Å². The molecule has 1 N–H and O–H groups in total. The van der Waals surface area contributed by atoms with E-state index in [1.165, 1.54) is 13.3 Å². The highest BCUT2D eigenvalue weighted by atomic mass is 16.5. The van der Waals surface area contributed by atoms with Gasteiger partial charge in [0.2, 0.25) is 0 Å². The molecular formula is C12H16N2O3. The second kappa shape index (κ2) is 5.14. The molecule has 0 radical (unpaired) electrons. The van der Waals surface area contributed by atoms with Crippen LogP contribution in [-0.2, 0) is 0 Å². The van der Waals surface area contributed by atoms with Gasteiger partial charge in [-0.05, 0) is 18.9 Å². The maximum atomic E-state index is 12.2. The van der Waals surface area contributed by atoms with E-state index in [2.05, 4.69) is 4.98 Å². The molecule has 1 saturated heterocycles. The first-order chi connectivity index (χ1) is 8.22. The molecule has 0 spiro atoms. The average molecular weight is 236 g/mol. The smallest absolute Gasteiger partial charge is 0.257 e. The van der Waals surface area contributed by atoms with E-state index in [9.17, 15) is 9.90 Å². The zero-order valence-electron chi connectivity index (χ0n) is 9.80. The van der Waals surface area contributed by atoms with Crippen LogP contribution in [0.5, 0.6) is 5.75 Å². The fraction of sp³-hybridized carbons (Fsp3) is 0.500. The van der Waals surface area contributed by atoms with Gasteiger partial charge in [-0.2, -0.15) is 0 Å². The van der Waals surface area contributed by atoms with Gasteiger partial charge in [-0.15, -0.1) is 0 Å². The van der Waals surface area contributed by atoms with Crippen LogP contribution in [0.15, 0.2) is 18.5 Å². The number of aliphatic hydroxyl groups excluding tert-OH is 1. The second-order valence-corrected chi connectivity index (χ2v) is 4.12. The van der Waals surface area contributed by atoms with E-state index in [1.54, 1.807) is 17.2 Å². The van der Waals surface area contributed by atoms with Crippen LogP contribution < -0.4 is 4.74 Å². The van der Waals surface area contributed by atoms with Gasteiger partial charge in [0.25, 0.3) is 5.91 Å². The number of piperidine rings is 1. The molecule has 1 amide bonds. The Morgan fingerprint density at radius 3 is 3.18 bits per heavy atom. The van der Waals surface area contributed by atoms with Crippen molar-refractivity contribution >= 4 is 5.91 Å². The Kier molecular flexibility index (Phi) is 3.58. The molecular weight excluding hydrogens is 220 g/mol. The first kappa shape index (κ1) is 11.9. The van der Waals surface area contributed by atoms with Crippen LogP contribution >= 0.6 is 0 Å². The molecule has 1 aromatic rings. The fourth-order valence-electron chi connectivity index (χ4n) is 2.03. The third-order valence-corrected chi connectivity index (χ3v) is 2.92. The summed E-state index contributed by atoms with van der Waals surface area (Å²) in [6.45, 7) is 1.08. The van der Waals surface area contributed by atoms with E-state index in [0.29, 0.717) is 24.4 Å². The van der Waals surface area contributed by atoms with Crippen LogP contribution in [0.25, 0.3) is 0 Å². The van der Waals surface area contributed by atoms with Crippen LogP contribution in [0.4, 0.5) is 0 Å². The molecule has 2 rings (SSSR count). The predicted molar refractivity (Wildman–Crippen MR) is 61.9 cm³/mol. The van der Waals surface area contributed by atoms with E-state index in [1.807, 2.05) is 0 Å². The van der Waals surface area contributed by atoms with Crippen molar-refractivity contribution in [1.29, 1.82) is 0 Å². The van der Waals surface area contributed by atoms with Gasteiger partial charge in [0.15, 0.2) is 0 Å². The normalized spacial score (nSPS) is 20.1. The van der Waals surface area contributed by atoms with Gasteiger partial charge < -0.3 is 14.7 Å². The van der Waals surface area contributed by atoms with Crippen molar-refractivity contribution in [2.75, 3.05) is 20.2 Å². The van der Waals surface area contributed by atoms with Crippen LogP contribution in [-0.4, -0.2) is 47.2 Å². The number of carbonyl (C=O) groups is 1. The van der Waals surface area contributed by atoms with Crippen molar-refractivity contribution in [3.8, 4) is 5.75 Å². The minimum atomic E-state index is -0.416. The maximum absolute atomic E-state index is 12.2. The lowest BCUT2D eigenvalue weighted by molar-refractivity contribution is 0.0471. The van der Waals surface area contributed by atoms with E-state index in [0.717, 1.165) is 12.8 Å². The Bertz CT molecular complexity index is 408. The minimum Gasteiger partial charge on any atom is -0.494 e. The first-order valence-electron chi connectivity index (χ1n) is 5.67. The van der Waals surface area contributed by atoms with E-state index in [-0.39, 0.29) is 5.91 Å². The standard InChI is InChI=1S/C12H16N2O3/c1-17-11-7-13-5-4-10(11)12(16)14-6-2-3-9(15)8-14/h4-5,7,9,15H,2-3,6,8H2,1H3. The summed E-state index contributed by atoms with van der Waals surface area (Å²) in [4.78, 5) is 17.8. The first-order valence-corrected chi connectivity index (χ1v) is 5.67. The van der Waals surface area contributed by atoms with Crippen LogP contribution in [0.1, 0.15) is 23.2 Å². The number of methoxy groups -OCH3 is 1. The SMILES string of the molecule is COc1cnccc1C(=O)N1CCCC(O)C1. The molecule has 0 bridgehead atoms. The van der Waals surface area contributed by atoms with Crippen LogP contribution in [0, 0.1) is 0 Å². The van der Waals surface area contributed by atoms with Gasteiger partial charge in [0.05, 0.1) is 25.0 Å². The summed E-state index contributed by atoms with van der Waals surface area (Å²) in [5.74, 6) is 0.362.